The van der Waals surface area contributed by atoms with Crippen LogP contribution >= 0.6 is 0 Å². The highest BCUT2D eigenvalue weighted by atomic mass is 16.5. The van der Waals surface area contributed by atoms with Gasteiger partial charge in [-0.3, -0.25) is 9.59 Å². The van der Waals surface area contributed by atoms with Crippen LogP contribution in [0.2, 0.25) is 0 Å². The summed E-state index contributed by atoms with van der Waals surface area (Å²) in [4.78, 5) is 36.9. The quantitative estimate of drug-likeness (QED) is 0.470. The van der Waals surface area contributed by atoms with Crippen LogP contribution in [0.5, 0.6) is 0 Å². The first-order valence-corrected chi connectivity index (χ1v) is 8.93. The minimum Gasteiger partial charge on any atom is -0.454 e. The first kappa shape index (κ1) is 19.2. The van der Waals surface area contributed by atoms with Gasteiger partial charge in [0.05, 0.1) is 5.56 Å². The summed E-state index contributed by atoms with van der Waals surface area (Å²) in [6.45, 7) is 3.48. The molecule has 0 spiro atoms. The van der Waals surface area contributed by atoms with E-state index in [9.17, 15) is 14.4 Å². The maximum atomic E-state index is 12.4. The molecule has 0 bridgehead atoms. The summed E-state index contributed by atoms with van der Waals surface area (Å²) in [5, 5.41) is 0. The van der Waals surface area contributed by atoms with Crippen molar-refractivity contribution in [3.63, 3.8) is 0 Å². The largest absolute Gasteiger partial charge is 0.454 e. The van der Waals surface area contributed by atoms with Crippen LogP contribution in [-0.4, -0.2) is 24.1 Å². The van der Waals surface area contributed by atoms with E-state index in [1.807, 2.05) is 32.0 Å². The third kappa shape index (κ3) is 4.41. The zero-order valence-corrected chi connectivity index (χ0v) is 15.8. The van der Waals surface area contributed by atoms with Crippen molar-refractivity contribution in [2.24, 2.45) is 0 Å². The molecule has 0 radical (unpaired) electrons. The molecule has 0 atom stereocenters. The predicted octanol–water partition coefficient (Wildman–Crippen LogP) is 4.57. The van der Waals surface area contributed by atoms with Gasteiger partial charge in [0.2, 0.25) is 5.78 Å². The minimum absolute atomic E-state index is 0.120. The number of esters is 1. The molecule has 0 aromatic heterocycles. The van der Waals surface area contributed by atoms with Gasteiger partial charge in [0, 0.05) is 16.7 Å². The topological polar surface area (TPSA) is 60.4 Å². The predicted molar refractivity (Wildman–Crippen MR) is 107 cm³/mol. The summed E-state index contributed by atoms with van der Waals surface area (Å²) in [5.74, 6) is -0.968. The Morgan fingerprint density at radius 2 is 1.36 bits per heavy atom. The number of carbonyl (C=O) groups excluding carboxylic acids is 3. The number of ether oxygens (including phenoxy) is 1. The number of ketones is 2. The van der Waals surface area contributed by atoms with Gasteiger partial charge in [0.25, 0.3) is 0 Å². The van der Waals surface area contributed by atoms with Crippen molar-refractivity contribution >= 4 is 17.5 Å². The average molecular weight is 372 g/mol. The fourth-order valence-corrected chi connectivity index (χ4v) is 2.93. The number of hydrogen-bond acceptors (Lipinski definition) is 4. The van der Waals surface area contributed by atoms with Crippen LogP contribution in [0.15, 0.2) is 72.8 Å². The van der Waals surface area contributed by atoms with E-state index in [2.05, 4.69) is 0 Å². The van der Waals surface area contributed by atoms with Crippen LogP contribution in [0.1, 0.15) is 47.8 Å². The minimum atomic E-state index is -0.600. The first-order valence-electron chi connectivity index (χ1n) is 8.93. The highest BCUT2D eigenvalue weighted by Crippen LogP contribution is 2.14. The highest BCUT2D eigenvalue weighted by Gasteiger charge is 2.15. The van der Waals surface area contributed by atoms with Crippen molar-refractivity contribution in [2.75, 3.05) is 6.61 Å². The summed E-state index contributed by atoms with van der Waals surface area (Å²) in [6, 6.07) is 20.6. The first-order chi connectivity index (χ1) is 13.5. The molecular formula is C24H20O4. The molecule has 3 aromatic carbocycles. The number of Topliss-reactive ketones (excluding diaryl/α,β-unsaturated/α-hetero) is 1. The van der Waals surface area contributed by atoms with E-state index in [0.717, 1.165) is 11.1 Å². The summed E-state index contributed by atoms with van der Waals surface area (Å²) in [6.07, 6.45) is 0. The SMILES string of the molecule is Cc1ccc(C(=O)COC(=O)c2ccc(C(=O)c3ccccc3)cc2)c(C)c1. The number of aryl methyl sites for hydroxylation is 2. The molecule has 3 rings (SSSR count). The van der Waals surface area contributed by atoms with Crippen molar-refractivity contribution in [2.45, 2.75) is 13.8 Å². The third-order valence-electron chi connectivity index (χ3n) is 4.44. The van der Waals surface area contributed by atoms with Gasteiger partial charge < -0.3 is 4.74 Å². The zero-order chi connectivity index (χ0) is 20.1. The summed E-state index contributed by atoms with van der Waals surface area (Å²) >= 11 is 0. The van der Waals surface area contributed by atoms with Crippen molar-refractivity contribution in [3.05, 3.63) is 106 Å². The van der Waals surface area contributed by atoms with Gasteiger partial charge in [-0.1, -0.05) is 66.2 Å². The number of hydrogen-bond donors (Lipinski definition) is 0. The Balaban J connectivity index is 1.63. The van der Waals surface area contributed by atoms with Gasteiger partial charge in [0.1, 0.15) is 0 Å². The van der Waals surface area contributed by atoms with Crippen molar-refractivity contribution in [1.82, 2.24) is 0 Å². The molecule has 0 aliphatic heterocycles. The van der Waals surface area contributed by atoms with E-state index in [0.29, 0.717) is 16.7 Å². The Morgan fingerprint density at radius 1 is 0.750 bits per heavy atom. The number of benzene rings is 3. The van der Waals surface area contributed by atoms with Crippen LogP contribution in [0.25, 0.3) is 0 Å². The molecule has 4 nitrogen and oxygen atoms in total. The van der Waals surface area contributed by atoms with Crippen LogP contribution in [0.3, 0.4) is 0 Å². The van der Waals surface area contributed by atoms with Gasteiger partial charge in [-0.05, 0) is 31.5 Å². The second-order valence-electron chi connectivity index (χ2n) is 6.59. The molecule has 0 fully saturated rings. The lowest BCUT2D eigenvalue weighted by molar-refractivity contribution is 0.0474. The molecular weight excluding hydrogens is 352 g/mol. The maximum absolute atomic E-state index is 12.4. The fourth-order valence-electron chi connectivity index (χ4n) is 2.93. The van der Waals surface area contributed by atoms with Crippen LogP contribution in [0, 0.1) is 13.8 Å². The molecule has 4 heteroatoms. The highest BCUT2D eigenvalue weighted by molar-refractivity contribution is 6.09. The van der Waals surface area contributed by atoms with Crippen molar-refractivity contribution in [3.8, 4) is 0 Å². The van der Waals surface area contributed by atoms with Crippen LogP contribution < -0.4 is 0 Å². The normalized spacial score (nSPS) is 10.4. The molecule has 3 aromatic rings. The molecule has 0 amide bonds. The van der Waals surface area contributed by atoms with Gasteiger partial charge in [-0.15, -0.1) is 0 Å². The molecule has 0 aliphatic rings. The van der Waals surface area contributed by atoms with E-state index in [1.54, 1.807) is 42.5 Å². The molecule has 0 unspecified atom stereocenters. The zero-order valence-electron chi connectivity index (χ0n) is 15.8. The van der Waals surface area contributed by atoms with Gasteiger partial charge >= 0.3 is 5.97 Å². The summed E-state index contributed by atoms with van der Waals surface area (Å²) in [5.41, 5.74) is 3.81. The average Bonchev–Trinajstić information content (AvgIpc) is 2.72. The molecule has 140 valence electrons. The molecule has 0 saturated carbocycles. The third-order valence-corrected chi connectivity index (χ3v) is 4.44. The molecule has 0 heterocycles. The Labute approximate surface area is 163 Å². The fraction of sp³-hybridized carbons (Fsp3) is 0.125. The number of carbonyl (C=O) groups is 3. The Kier molecular flexibility index (Phi) is 5.80. The van der Waals surface area contributed by atoms with Crippen LogP contribution in [-0.2, 0) is 4.74 Å². The van der Waals surface area contributed by atoms with Gasteiger partial charge in [-0.25, -0.2) is 4.79 Å². The molecule has 0 N–H and O–H groups in total. The molecule has 0 saturated heterocycles. The van der Waals surface area contributed by atoms with E-state index in [1.165, 1.54) is 12.1 Å². The molecule has 28 heavy (non-hydrogen) atoms. The standard InChI is InChI=1S/C24H20O4/c1-16-8-13-21(17(2)14-16)22(25)15-28-24(27)20-11-9-19(10-12-20)23(26)18-6-4-3-5-7-18/h3-14H,15H2,1-2H3. The monoisotopic (exact) mass is 372 g/mol. The lowest BCUT2D eigenvalue weighted by atomic mass is 10.0. The summed E-state index contributed by atoms with van der Waals surface area (Å²) in [7, 11) is 0. The number of rotatable bonds is 6. The van der Waals surface area contributed by atoms with E-state index in [-0.39, 0.29) is 23.7 Å². The Hall–Kier alpha value is -3.53. The Bertz CT molecular complexity index is 1020. The second kappa shape index (κ2) is 8.44. The van der Waals surface area contributed by atoms with Crippen molar-refractivity contribution in [1.29, 1.82) is 0 Å². The van der Waals surface area contributed by atoms with Crippen molar-refractivity contribution < 1.29 is 19.1 Å². The van der Waals surface area contributed by atoms with E-state index < -0.39 is 5.97 Å². The van der Waals surface area contributed by atoms with Gasteiger partial charge in [0.15, 0.2) is 12.4 Å². The van der Waals surface area contributed by atoms with E-state index >= 15 is 0 Å². The summed E-state index contributed by atoms with van der Waals surface area (Å²) < 4.78 is 5.14. The molecule has 0 aliphatic carbocycles. The maximum Gasteiger partial charge on any atom is 0.338 e. The lowest BCUT2D eigenvalue weighted by Crippen LogP contribution is -2.15. The van der Waals surface area contributed by atoms with E-state index in [4.69, 9.17) is 4.74 Å². The van der Waals surface area contributed by atoms with Gasteiger partial charge in [-0.2, -0.15) is 0 Å². The van der Waals surface area contributed by atoms with Crippen LogP contribution in [0.4, 0.5) is 0 Å². The Morgan fingerprint density at radius 3 is 2.00 bits per heavy atom. The second-order valence-corrected chi connectivity index (χ2v) is 6.59. The smallest absolute Gasteiger partial charge is 0.338 e. The lowest BCUT2D eigenvalue weighted by Gasteiger charge is -2.08.